The number of aryl methyl sites for hydroxylation is 1. The Morgan fingerprint density at radius 1 is 1.12 bits per heavy atom. The molecule has 0 atom stereocenters. The van der Waals surface area contributed by atoms with E-state index in [-0.39, 0.29) is 18.3 Å². The Bertz CT molecular complexity index is 886. The van der Waals surface area contributed by atoms with Crippen LogP contribution < -0.4 is 15.8 Å². The minimum absolute atomic E-state index is 0.0893. The van der Waals surface area contributed by atoms with Gasteiger partial charge in [-0.2, -0.15) is 0 Å². The minimum atomic E-state index is -0.282. The van der Waals surface area contributed by atoms with E-state index >= 15 is 0 Å². The Morgan fingerprint density at radius 2 is 1.77 bits per heavy atom. The van der Waals surface area contributed by atoms with Crippen molar-refractivity contribution in [2.24, 2.45) is 0 Å². The zero-order chi connectivity index (χ0) is 18.5. The summed E-state index contributed by atoms with van der Waals surface area (Å²) >= 11 is 0. The van der Waals surface area contributed by atoms with E-state index in [9.17, 15) is 9.90 Å². The highest BCUT2D eigenvalue weighted by molar-refractivity contribution is 5.94. The van der Waals surface area contributed by atoms with Gasteiger partial charge in [-0.15, -0.1) is 0 Å². The Hall–Kier alpha value is -3.54. The highest BCUT2D eigenvalue weighted by Crippen LogP contribution is 2.23. The fourth-order valence-electron chi connectivity index (χ4n) is 2.46. The summed E-state index contributed by atoms with van der Waals surface area (Å²) in [5.41, 5.74) is 7.75. The number of hydrogen-bond donors (Lipinski definition) is 3. The summed E-state index contributed by atoms with van der Waals surface area (Å²) in [7, 11) is 0. The number of pyridine rings is 1. The highest BCUT2D eigenvalue weighted by atomic mass is 16.5. The molecular weight excluding hydrogens is 330 g/mol. The molecule has 1 aromatic heterocycles. The Labute approximate surface area is 151 Å². The maximum Gasteiger partial charge on any atom is 0.251 e. The van der Waals surface area contributed by atoms with Crippen molar-refractivity contribution >= 4 is 11.6 Å². The number of para-hydroxylation sites is 1. The zero-order valence-electron chi connectivity index (χ0n) is 14.3. The first-order chi connectivity index (χ1) is 12.5. The molecule has 1 amide bonds. The number of ether oxygens (including phenoxy) is 1. The van der Waals surface area contributed by atoms with Crippen LogP contribution >= 0.6 is 0 Å². The second-order valence-corrected chi connectivity index (χ2v) is 5.78. The van der Waals surface area contributed by atoms with Crippen molar-refractivity contribution in [2.45, 2.75) is 13.5 Å². The van der Waals surface area contributed by atoms with Gasteiger partial charge < -0.3 is 20.9 Å². The molecular formula is C20H19N3O3. The van der Waals surface area contributed by atoms with Gasteiger partial charge in [0.25, 0.3) is 5.91 Å². The monoisotopic (exact) mass is 349 g/mol. The van der Waals surface area contributed by atoms with Crippen molar-refractivity contribution in [3.63, 3.8) is 0 Å². The number of rotatable bonds is 5. The highest BCUT2D eigenvalue weighted by Gasteiger charge is 2.11. The molecule has 4 N–H and O–H groups in total. The van der Waals surface area contributed by atoms with Gasteiger partial charge >= 0.3 is 0 Å². The number of nitrogens with one attached hydrogen (secondary N) is 1. The summed E-state index contributed by atoms with van der Waals surface area (Å²) in [6.07, 6.45) is 0. The van der Waals surface area contributed by atoms with Crippen LogP contribution in [-0.2, 0) is 6.54 Å². The number of amides is 1. The lowest BCUT2D eigenvalue weighted by Gasteiger charge is -2.10. The van der Waals surface area contributed by atoms with Crippen LogP contribution in [-0.4, -0.2) is 16.0 Å². The molecule has 132 valence electrons. The topological polar surface area (TPSA) is 97.5 Å². The van der Waals surface area contributed by atoms with Crippen LogP contribution in [0.5, 0.6) is 17.4 Å². The predicted octanol–water partition coefficient (Wildman–Crippen LogP) is 3.40. The largest absolute Gasteiger partial charge is 0.493 e. The van der Waals surface area contributed by atoms with E-state index in [0.29, 0.717) is 28.3 Å². The number of anilines is 1. The quantitative estimate of drug-likeness (QED) is 0.656. The molecule has 1 heterocycles. The number of hydrogen-bond acceptors (Lipinski definition) is 5. The van der Waals surface area contributed by atoms with Crippen molar-refractivity contribution in [3.05, 3.63) is 77.5 Å². The second kappa shape index (κ2) is 7.57. The molecule has 6 heteroatoms. The average Bonchev–Trinajstić information content (AvgIpc) is 2.62. The number of aromatic hydroxyl groups is 1. The molecule has 3 aromatic rings. The number of aromatic nitrogens is 1. The lowest BCUT2D eigenvalue weighted by molar-refractivity contribution is 0.0951. The smallest absolute Gasteiger partial charge is 0.251 e. The lowest BCUT2D eigenvalue weighted by atomic mass is 10.1. The van der Waals surface area contributed by atoms with E-state index in [1.807, 2.05) is 30.3 Å². The first-order valence-electron chi connectivity index (χ1n) is 8.09. The molecule has 0 fully saturated rings. The van der Waals surface area contributed by atoms with Gasteiger partial charge in [-0.1, -0.05) is 18.2 Å². The molecule has 0 unspecified atom stereocenters. The lowest BCUT2D eigenvalue weighted by Crippen LogP contribution is -2.23. The Balaban J connectivity index is 1.63. The van der Waals surface area contributed by atoms with Gasteiger partial charge in [-0.25, -0.2) is 4.98 Å². The van der Waals surface area contributed by atoms with E-state index in [4.69, 9.17) is 10.5 Å². The summed E-state index contributed by atoms with van der Waals surface area (Å²) in [6, 6.07) is 17.8. The third-order valence-corrected chi connectivity index (χ3v) is 3.79. The number of carbonyl (C=O) groups excluding carboxylic acids is 1. The molecule has 0 aliphatic rings. The van der Waals surface area contributed by atoms with Gasteiger partial charge in [0, 0.05) is 16.9 Å². The van der Waals surface area contributed by atoms with Crippen molar-refractivity contribution in [1.82, 2.24) is 10.3 Å². The summed E-state index contributed by atoms with van der Waals surface area (Å²) in [5.74, 6) is 0.907. The number of benzene rings is 2. The van der Waals surface area contributed by atoms with Crippen LogP contribution in [0.25, 0.3) is 0 Å². The van der Waals surface area contributed by atoms with Gasteiger partial charge in [0.1, 0.15) is 11.5 Å². The Morgan fingerprint density at radius 3 is 2.42 bits per heavy atom. The third kappa shape index (κ3) is 4.10. The first-order valence-corrected chi connectivity index (χ1v) is 8.09. The van der Waals surface area contributed by atoms with Crippen LogP contribution in [0.4, 0.5) is 5.69 Å². The number of nitrogens with zero attached hydrogens (tertiary/aromatic N) is 1. The fourth-order valence-corrected chi connectivity index (χ4v) is 2.46. The maximum absolute atomic E-state index is 12.3. The number of nitrogen functional groups attached to an aromatic ring is 1. The molecule has 0 aliphatic heterocycles. The molecule has 0 spiro atoms. The summed E-state index contributed by atoms with van der Waals surface area (Å²) < 4.78 is 5.70. The van der Waals surface area contributed by atoms with Gasteiger partial charge in [0.05, 0.1) is 12.1 Å². The summed E-state index contributed by atoms with van der Waals surface area (Å²) in [4.78, 5) is 16.2. The molecule has 2 aromatic carbocycles. The first kappa shape index (κ1) is 17.3. The predicted molar refractivity (Wildman–Crippen MR) is 99.2 cm³/mol. The van der Waals surface area contributed by atoms with Crippen LogP contribution in [0.1, 0.15) is 21.6 Å². The average molecular weight is 349 g/mol. The van der Waals surface area contributed by atoms with Gasteiger partial charge in [-0.3, -0.25) is 4.79 Å². The zero-order valence-corrected chi connectivity index (χ0v) is 14.3. The van der Waals surface area contributed by atoms with Crippen LogP contribution in [0.15, 0.2) is 60.7 Å². The van der Waals surface area contributed by atoms with Crippen LogP contribution in [0.3, 0.4) is 0 Å². The standard InChI is InChI=1S/C20H19N3O3/c1-13-11-18(21)17(20(25)23-13)12-22-19(24)14-7-9-16(10-8-14)26-15-5-3-2-4-6-15/h2-11H,12H2,1H3,(H,22,24)(H3,21,23,25). The van der Waals surface area contributed by atoms with Crippen molar-refractivity contribution < 1.29 is 14.6 Å². The van der Waals surface area contributed by atoms with Crippen LogP contribution in [0, 0.1) is 6.92 Å². The van der Waals surface area contributed by atoms with Crippen molar-refractivity contribution in [2.75, 3.05) is 5.73 Å². The Kier molecular flexibility index (Phi) is 5.03. The SMILES string of the molecule is Cc1cc(N)c(CNC(=O)c2ccc(Oc3ccccc3)cc2)c(O)n1. The number of carbonyl (C=O) groups is 1. The molecule has 26 heavy (non-hydrogen) atoms. The second-order valence-electron chi connectivity index (χ2n) is 5.78. The molecule has 0 bridgehead atoms. The van der Waals surface area contributed by atoms with Gasteiger partial charge in [-0.05, 0) is 49.4 Å². The van der Waals surface area contributed by atoms with E-state index in [2.05, 4.69) is 10.3 Å². The van der Waals surface area contributed by atoms with Crippen molar-refractivity contribution in [1.29, 1.82) is 0 Å². The minimum Gasteiger partial charge on any atom is -0.493 e. The molecule has 0 aliphatic carbocycles. The van der Waals surface area contributed by atoms with E-state index in [0.717, 1.165) is 5.75 Å². The van der Waals surface area contributed by atoms with Gasteiger partial charge in [0.15, 0.2) is 0 Å². The van der Waals surface area contributed by atoms with E-state index in [1.165, 1.54) is 0 Å². The number of nitrogens with two attached hydrogens (primary N) is 1. The summed E-state index contributed by atoms with van der Waals surface area (Å²) in [5, 5.41) is 12.6. The molecule has 0 saturated carbocycles. The third-order valence-electron chi connectivity index (χ3n) is 3.79. The molecule has 3 rings (SSSR count). The maximum atomic E-state index is 12.3. The molecule has 0 radical (unpaired) electrons. The normalized spacial score (nSPS) is 10.3. The fraction of sp³-hybridized carbons (Fsp3) is 0.100. The van der Waals surface area contributed by atoms with E-state index < -0.39 is 0 Å². The van der Waals surface area contributed by atoms with Crippen LogP contribution in [0.2, 0.25) is 0 Å². The van der Waals surface area contributed by atoms with Gasteiger partial charge in [0.2, 0.25) is 5.88 Å². The summed E-state index contributed by atoms with van der Waals surface area (Å²) in [6.45, 7) is 1.82. The molecule has 0 saturated heterocycles. The van der Waals surface area contributed by atoms with Crippen molar-refractivity contribution in [3.8, 4) is 17.4 Å². The van der Waals surface area contributed by atoms with E-state index in [1.54, 1.807) is 37.3 Å². The molecule has 6 nitrogen and oxygen atoms in total.